The van der Waals surface area contributed by atoms with Crippen LogP contribution in [-0.2, 0) is 38.1 Å². The molecule has 59 heavy (non-hydrogen) atoms. The van der Waals surface area contributed by atoms with Gasteiger partial charge >= 0.3 is 12.1 Å². The van der Waals surface area contributed by atoms with Crippen LogP contribution >= 0.6 is 0 Å². The predicted molar refractivity (Wildman–Crippen MR) is 218 cm³/mol. The van der Waals surface area contributed by atoms with Gasteiger partial charge in [-0.25, -0.2) is 14.8 Å². The summed E-state index contributed by atoms with van der Waals surface area (Å²) >= 11 is 0. The van der Waals surface area contributed by atoms with Crippen molar-refractivity contribution < 1.29 is 48.0 Å². The number of ketones is 2. The Bertz CT molecular complexity index is 1870. The van der Waals surface area contributed by atoms with Crippen LogP contribution in [0.15, 0.2) is 30.6 Å². The molecule has 0 bridgehead atoms. The van der Waals surface area contributed by atoms with E-state index in [1.807, 2.05) is 64.9 Å². The molecule has 1 amide bonds. The fourth-order valence-electron chi connectivity index (χ4n) is 10.3. The minimum atomic E-state index is -1.42. The van der Waals surface area contributed by atoms with Crippen molar-refractivity contribution in [2.24, 2.45) is 23.7 Å². The van der Waals surface area contributed by atoms with Crippen LogP contribution in [-0.4, -0.2) is 148 Å². The van der Waals surface area contributed by atoms with Crippen molar-refractivity contribution in [3.8, 4) is 0 Å². The van der Waals surface area contributed by atoms with Crippen molar-refractivity contribution in [2.75, 3.05) is 34.3 Å². The lowest BCUT2D eigenvalue weighted by atomic mass is 9.73. The molecule has 0 aromatic carbocycles. The van der Waals surface area contributed by atoms with Gasteiger partial charge in [0.1, 0.15) is 23.9 Å². The number of carbonyl (C=O) groups is 4. The number of Topliss-reactive ketones (excluding diaryl/α,β-unsaturated/α-hetero) is 2. The van der Waals surface area contributed by atoms with E-state index in [9.17, 15) is 24.3 Å². The van der Waals surface area contributed by atoms with Crippen LogP contribution in [0, 0.1) is 23.7 Å². The van der Waals surface area contributed by atoms with Crippen molar-refractivity contribution in [1.29, 1.82) is 0 Å². The van der Waals surface area contributed by atoms with Crippen LogP contribution in [0.1, 0.15) is 93.2 Å². The highest BCUT2D eigenvalue weighted by molar-refractivity contribution is 6.00. The smallest absolute Gasteiger partial charge is 0.411 e. The number of fused-ring (bicyclic) bond motifs is 2. The Morgan fingerprint density at radius 1 is 1.00 bits per heavy atom. The van der Waals surface area contributed by atoms with Crippen LogP contribution in [0.5, 0.6) is 0 Å². The molecule has 14 atom stereocenters. The number of cyclic esters (lactones) is 1. The molecular weight excluding hydrogens is 759 g/mol. The van der Waals surface area contributed by atoms with E-state index in [1.54, 1.807) is 38.1 Å². The SMILES string of the molecule is CC[C@H]1OC(=O)[C@H](C)C(=O)[C@H](C)[C@@H](O[C@@H]2O[C@H](C)C[C@H](N(C)C)[C@H]2O)[C@](C)(OC)C[C@@H](C)C(=O)[C@H](C)[C@H]2N(C3CN([C@H](C)c4ccnc5ncccc45)C3)C(=O)O[C@]12C. The van der Waals surface area contributed by atoms with Gasteiger partial charge in [0.15, 0.2) is 23.3 Å². The van der Waals surface area contributed by atoms with E-state index >= 15 is 0 Å². The van der Waals surface area contributed by atoms with Gasteiger partial charge in [0.2, 0.25) is 0 Å². The lowest BCUT2D eigenvalue weighted by Crippen LogP contribution is -2.66. The molecule has 15 nitrogen and oxygen atoms in total. The number of esters is 1. The molecule has 2 aromatic rings. The van der Waals surface area contributed by atoms with Crippen LogP contribution in [0.4, 0.5) is 4.79 Å². The van der Waals surface area contributed by atoms with Crippen LogP contribution in [0.2, 0.25) is 0 Å². The van der Waals surface area contributed by atoms with Gasteiger partial charge in [-0.05, 0) is 91.7 Å². The summed E-state index contributed by atoms with van der Waals surface area (Å²) in [5.41, 5.74) is -0.960. The number of methoxy groups -OCH3 is 1. The Hall–Kier alpha value is -3.60. The third-order valence-electron chi connectivity index (χ3n) is 13.9. The lowest BCUT2D eigenvalue weighted by molar-refractivity contribution is -0.295. The Balaban J connectivity index is 1.33. The quantitative estimate of drug-likeness (QED) is 0.290. The number of aliphatic hydroxyl groups is 1. The first-order valence-corrected chi connectivity index (χ1v) is 21.2. The summed E-state index contributed by atoms with van der Waals surface area (Å²) < 4.78 is 31.5. The van der Waals surface area contributed by atoms with Crippen molar-refractivity contribution in [3.05, 3.63) is 36.2 Å². The molecule has 326 valence electrons. The normalized spacial score (nSPS) is 38.7. The second-order valence-corrected chi connectivity index (χ2v) is 18.2. The molecule has 4 saturated heterocycles. The van der Waals surface area contributed by atoms with Crippen LogP contribution in [0.3, 0.4) is 0 Å². The van der Waals surface area contributed by atoms with E-state index < -0.39 is 83.4 Å². The van der Waals surface area contributed by atoms with E-state index in [1.165, 1.54) is 14.0 Å². The van der Waals surface area contributed by atoms with E-state index in [4.69, 9.17) is 23.7 Å². The average molecular weight is 824 g/mol. The number of hydrogen-bond donors (Lipinski definition) is 1. The van der Waals surface area contributed by atoms with Gasteiger partial charge in [-0.3, -0.25) is 24.2 Å². The van der Waals surface area contributed by atoms with Gasteiger partial charge in [-0.15, -0.1) is 0 Å². The molecule has 15 heteroatoms. The predicted octanol–water partition coefficient (Wildman–Crippen LogP) is 4.58. The number of aliphatic hydroxyl groups excluding tert-OH is 1. The van der Waals surface area contributed by atoms with Crippen LogP contribution in [0.25, 0.3) is 11.0 Å². The highest BCUT2D eigenvalue weighted by atomic mass is 16.7. The first-order valence-electron chi connectivity index (χ1n) is 21.2. The van der Waals surface area contributed by atoms with Crippen molar-refractivity contribution in [2.45, 2.75) is 148 Å². The maximum absolute atomic E-state index is 14.9. The van der Waals surface area contributed by atoms with Crippen molar-refractivity contribution in [3.63, 3.8) is 0 Å². The summed E-state index contributed by atoms with van der Waals surface area (Å²) in [4.78, 5) is 72.2. The number of rotatable bonds is 8. The van der Waals surface area contributed by atoms with Gasteiger partial charge < -0.3 is 33.7 Å². The highest BCUT2D eigenvalue weighted by Crippen LogP contribution is 2.45. The Labute approximate surface area is 348 Å². The molecular formula is C44H65N5O10. The summed E-state index contributed by atoms with van der Waals surface area (Å²) in [7, 11) is 5.25. The molecule has 2 aromatic heterocycles. The lowest BCUT2D eigenvalue weighted by Gasteiger charge is -2.50. The molecule has 1 N–H and O–H groups in total. The fraction of sp³-hybridized carbons (Fsp3) is 0.727. The third-order valence-corrected chi connectivity index (χ3v) is 13.9. The molecule has 4 aliphatic heterocycles. The number of likely N-dealkylation sites (tertiary alicyclic amines) is 1. The molecule has 0 spiro atoms. The maximum Gasteiger partial charge on any atom is 0.411 e. The van der Waals surface area contributed by atoms with Crippen LogP contribution < -0.4 is 0 Å². The summed E-state index contributed by atoms with van der Waals surface area (Å²) in [5.74, 6) is -4.97. The van der Waals surface area contributed by atoms with Gasteiger partial charge in [0.25, 0.3) is 0 Å². The third kappa shape index (κ3) is 8.27. The summed E-state index contributed by atoms with van der Waals surface area (Å²) in [6.07, 6.45) is -0.601. The second-order valence-electron chi connectivity index (χ2n) is 18.2. The highest BCUT2D eigenvalue weighted by Gasteiger charge is 2.63. The summed E-state index contributed by atoms with van der Waals surface area (Å²) in [6, 6.07) is 4.49. The molecule has 4 fully saturated rings. The number of carbonyl (C=O) groups excluding carboxylic acids is 4. The molecule has 0 aliphatic carbocycles. The monoisotopic (exact) mass is 823 g/mol. The topological polar surface area (TPSA) is 170 Å². The number of pyridine rings is 2. The number of nitrogens with zero attached hydrogens (tertiary/aromatic N) is 5. The molecule has 0 unspecified atom stereocenters. The first-order chi connectivity index (χ1) is 27.8. The zero-order chi connectivity index (χ0) is 43.3. The van der Waals surface area contributed by atoms with E-state index in [2.05, 4.69) is 21.8 Å². The Morgan fingerprint density at radius 3 is 2.32 bits per heavy atom. The van der Waals surface area contributed by atoms with E-state index in [0.717, 1.165) is 10.9 Å². The standard InChI is InChI=1S/C44H65N5O10/c1-13-33-44(9)37(49(42(54)59-44)29-21-48(22-29)28(7)30-16-18-46-39-31(30)15-14-17-45-39)25(4)34(50)23(2)20-43(8,55-12)38(26(5)35(51)27(6)40(53)57-33)58-41-36(52)32(47(10)11)19-24(3)56-41/h14-18,23-29,32-33,36-38,41,52H,13,19-22H2,1-12H3/t23-,24-,25+,26+,27-,28-,32+,33-,36-,37-,38-,41+,43-,44-/m1/s1. The average Bonchev–Trinajstić information content (AvgIpc) is 3.46. The zero-order valence-corrected chi connectivity index (χ0v) is 36.8. The van der Waals surface area contributed by atoms with E-state index in [0.29, 0.717) is 25.2 Å². The van der Waals surface area contributed by atoms with Gasteiger partial charge in [-0.1, -0.05) is 27.7 Å². The van der Waals surface area contributed by atoms with Gasteiger partial charge in [0, 0.05) is 67.8 Å². The number of ether oxygens (including phenoxy) is 5. The zero-order valence-electron chi connectivity index (χ0n) is 36.8. The number of aromatic nitrogens is 2. The van der Waals surface area contributed by atoms with Crippen molar-refractivity contribution in [1.82, 2.24) is 24.7 Å². The first kappa shape index (κ1) is 44.9. The minimum absolute atomic E-state index is 0.0150. The number of amides is 1. The number of hydrogen-bond acceptors (Lipinski definition) is 14. The largest absolute Gasteiger partial charge is 0.458 e. The van der Waals surface area contributed by atoms with Crippen molar-refractivity contribution >= 4 is 34.7 Å². The maximum atomic E-state index is 14.9. The summed E-state index contributed by atoms with van der Waals surface area (Å²) in [5, 5.41) is 12.4. The van der Waals surface area contributed by atoms with E-state index in [-0.39, 0.29) is 42.9 Å². The Morgan fingerprint density at radius 2 is 1.68 bits per heavy atom. The molecule has 6 heterocycles. The molecule has 0 radical (unpaired) electrons. The summed E-state index contributed by atoms with van der Waals surface area (Å²) in [6.45, 7) is 17.2. The second kappa shape index (κ2) is 17.4. The van der Waals surface area contributed by atoms with Gasteiger partial charge in [0.05, 0.1) is 29.9 Å². The number of likely N-dealkylation sites (N-methyl/N-ethyl adjacent to an activating group) is 1. The minimum Gasteiger partial charge on any atom is -0.458 e. The Kier molecular flexibility index (Phi) is 13.3. The fourth-order valence-corrected chi connectivity index (χ4v) is 10.3. The van der Waals surface area contributed by atoms with Gasteiger partial charge in [-0.2, -0.15) is 0 Å². The molecule has 4 aliphatic rings. The molecule has 6 rings (SSSR count). The molecule has 0 saturated carbocycles.